The highest BCUT2D eigenvalue weighted by Crippen LogP contribution is 2.26. The Labute approximate surface area is 78.6 Å². The molecule has 5 heteroatoms. The fourth-order valence-corrected chi connectivity index (χ4v) is 1.78. The molecule has 2 aromatic rings. The minimum atomic E-state index is 0.460. The lowest BCUT2D eigenvalue weighted by Gasteiger charge is -1.85. The second kappa shape index (κ2) is 2.92. The number of nitrogens with one attached hydrogen (secondary N) is 1. The fraction of sp³-hybridized carbons (Fsp3) is 0. The Morgan fingerprint density at radius 3 is 2.92 bits per heavy atom. The van der Waals surface area contributed by atoms with Crippen molar-refractivity contribution in [2.24, 2.45) is 0 Å². The second-order valence-corrected chi connectivity index (χ2v) is 3.57. The van der Waals surface area contributed by atoms with Gasteiger partial charge in [0, 0.05) is 6.07 Å². The van der Waals surface area contributed by atoms with E-state index in [0.29, 0.717) is 10.7 Å². The van der Waals surface area contributed by atoms with E-state index in [9.17, 15) is 0 Å². The van der Waals surface area contributed by atoms with E-state index in [0.717, 1.165) is 10.6 Å². The highest BCUT2D eigenvalue weighted by molar-refractivity contribution is 7.15. The molecule has 0 bridgehead atoms. The molecule has 0 aliphatic carbocycles. The van der Waals surface area contributed by atoms with Gasteiger partial charge in [-0.2, -0.15) is 10.4 Å². The van der Waals surface area contributed by atoms with Crippen molar-refractivity contribution in [1.82, 2.24) is 10.2 Å². The van der Waals surface area contributed by atoms with Crippen molar-refractivity contribution >= 4 is 17.2 Å². The first-order chi connectivity index (χ1) is 6.29. The van der Waals surface area contributed by atoms with Crippen LogP contribution in [-0.4, -0.2) is 10.2 Å². The topological polar surface area (TPSA) is 78.5 Å². The molecule has 2 rings (SSSR count). The zero-order valence-corrected chi connectivity index (χ0v) is 7.43. The first-order valence-electron chi connectivity index (χ1n) is 3.61. The number of anilines is 1. The second-order valence-electron chi connectivity index (χ2n) is 2.48. The zero-order chi connectivity index (χ0) is 9.26. The van der Waals surface area contributed by atoms with Gasteiger partial charge in [0.1, 0.15) is 16.8 Å². The summed E-state index contributed by atoms with van der Waals surface area (Å²) in [6.45, 7) is 0. The van der Waals surface area contributed by atoms with Gasteiger partial charge in [-0.25, -0.2) is 0 Å². The zero-order valence-electron chi connectivity index (χ0n) is 6.61. The average Bonchev–Trinajstić information content (AvgIpc) is 2.71. The van der Waals surface area contributed by atoms with Crippen molar-refractivity contribution in [3.63, 3.8) is 0 Å². The van der Waals surface area contributed by atoms with Crippen LogP contribution in [0.1, 0.15) is 4.88 Å². The van der Waals surface area contributed by atoms with Crippen molar-refractivity contribution in [3.8, 4) is 16.6 Å². The van der Waals surface area contributed by atoms with Gasteiger partial charge < -0.3 is 5.73 Å². The molecule has 0 aliphatic rings. The number of nitrogens with two attached hydrogens (primary N) is 1. The number of nitrogen functional groups attached to an aromatic ring is 1. The van der Waals surface area contributed by atoms with Crippen LogP contribution in [0.5, 0.6) is 0 Å². The van der Waals surface area contributed by atoms with Gasteiger partial charge in [-0.3, -0.25) is 5.10 Å². The minimum absolute atomic E-state index is 0.460. The van der Waals surface area contributed by atoms with E-state index in [4.69, 9.17) is 11.0 Å². The Hall–Kier alpha value is -1.80. The van der Waals surface area contributed by atoms with E-state index in [-0.39, 0.29) is 0 Å². The Balaban J connectivity index is 2.42. The van der Waals surface area contributed by atoms with Crippen molar-refractivity contribution in [1.29, 1.82) is 5.26 Å². The van der Waals surface area contributed by atoms with Crippen molar-refractivity contribution < 1.29 is 0 Å². The van der Waals surface area contributed by atoms with Crippen LogP contribution in [-0.2, 0) is 0 Å². The van der Waals surface area contributed by atoms with Crippen molar-refractivity contribution in [2.45, 2.75) is 0 Å². The molecule has 0 unspecified atom stereocenters. The summed E-state index contributed by atoms with van der Waals surface area (Å²) in [5.41, 5.74) is 6.30. The number of thiophene rings is 1. The molecule has 0 spiro atoms. The molecular formula is C8H6N4S. The Morgan fingerprint density at radius 1 is 1.54 bits per heavy atom. The molecule has 0 amide bonds. The van der Waals surface area contributed by atoms with Crippen LogP contribution >= 0.6 is 11.3 Å². The number of H-pyrrole nitrogens is 1. The maximum absolute atomic E-state index is 8.61. The van der Waals surface area contributed by atoms with Gasteiger partial charge in [0.05, 0.1) is 10.6 Å². The first kappa shape index (κ1) is 7.83. The van der Waals surface area contributed by atoms with Gasteiger partial charge in [0.25, 0.3) is 0 Å². The molecule has 2 heterocycles. The third-order valence-electron chi connectivity index (χ3n) is 1.58. The van der Waals surface area contributed by atoms with Gasteiger partial charge in [0.15, 0.2) is 0 Å². The number of hydrogen-bond donors (Lipinski definition) is 2. The molecule has 4 nitrogen and oxygen atoms in total. The number of rotatable bonds is 1. The monoisotopic (exact) mass is 190 g/mol. The van der Waals surface area contributed by atoms with Crippen LogP contribution in [0.2, 0.25) is 0 Å². The third kappa shape index (κ3) is 1.39. The molecular weight excluding hydrogens is 184 g/mol. The van der Waals surface area contributed by atoms with Crippen LogP contribution in [0, 0.1) is 11.3 Å². The first-order valence-corrected chi connectivity index (χ1v) is 4.42. The maximum Gasteiger partial charge on any atom is 0.145 e. The van der Waals surface area contributed by atoms with E-state index in [1.807, 2.05) is 6.07 Å². The largest absolute Gasteiger partial charge is 0.382 e. The maximum atomic E-state index is 8.61. The molecule has 2 aromatic heterocycles. The van der Waals surface area contributed by atoms with Crippen molar-refractivity contribution in [2.75, 3.05) is 5.73 Å². The van der Waals surface area contributed by atoms with E-state index in [2.05, 4.69) is 16.3 Å². The summed E-state index contributed by atoms with van der Waals surface area (Å²) in [4.78, 5) is 1.66. The van der Waals surface area contributed by atoms with Crippen LogP contribution < -0.4 is 5.73 Å². The normalized spacial score (nSPS) is 9.77. The highest BCUT2D eigenvalue weighted by atomic mass is 32.1. The molecule has 0 saturated carbocycles. The van der Waals surface area contributed by atoms with Gasteiger partial charge >= 0.3 is 0 Å². The smallest absolute Gasteiger partial charge is 0.145 e. The number of hydrogen-bond acceptors (Lipinski definition) is 4. The van der Waals surface area contributed by atoms with E-state index in [1.165, 1.54) is 11.3 Å². The molecule has 0 fully saturated rings. The van der Waals surface area contributed by atoms with Gasteiger partial charge in [0.2, 0.25) is 0 Å². The SMILES string of the molecule is N#Cc1ccc(-c2cc(N)n[nH]2)s1. The highest BCUT2D eigenvalue weighted by Gasteiger charge is 2.04. The lowest BCUT2D eigenvalue weighted by atomic mass is 10.3. The summed E-state index contributed by atoms with van der Waals surface area (Å²) in [7, 11) is 0. The summed E-state index contributed by atoms with van der Waals surface area (Å²) in [6.07, 6.45) is 0. The van der Waals surface area contributed by atoms with Gasteiger partial charge in [-0.15, -0.1) is 11.3 Å². The lowest BCUT2D eigenvalue weighted by molar-refractivity contribution is 1.11. The standard InChI is InChI=1S/C8H6N4S/c9-4-5-1-2-7(13-5)6-3-8(10)12-11-6/h1-3H,(H3,10,11,12). The number of aromatic amines is 1. The summed E-state index contributed by atoms with van der Waals surface area (Å²) in [5, 5.41) is 15.2. The molecule has 13 heavy (non-hydrogen) atoms. The van der Waals surface area contributed by atoms with Crippen LogP contribution in [0.4, 0.5) is 5.82 Å². The summed E-state index contributed by atoms with van der Waals surface area (Å²) in [5.74, 6) is 0.460. The van der Waals surface area contributed by atoms with Gasteiger partial charge in [-0.1, -0.05) is 0 Å². The third-order valence-corrected chi connectivity index (χ3v) is 2.60. The Kier molecular flexibility index (Phi) is 1.76. The summed E-state index contributed by atoms with van der Waals surface area (Å²) >= 11 is 1.41. The van der Waals surface area contributed by atoms with E-state index in [1.54, 1.807) is 12.1 Å². The lowest BCUT2D eigenvalue weighted by Crippen LogP contribution is -1.81. The minimum Gasteiger partial charge on any atom is -0.382 e. The van der Waals surface area contributed by atoms with Gasteiger partial charge in [-0.05, 0) is 12.1 Å². The molecule has 0 aliphatic heterocycles. The molecule has 3 N–H and O–H groups in total. The van der Waals surface area contributed by atoms with Crippen LogP contribution in [0.3, 0.4) is 0 Å². The Morgan fingerprint density at radius 2 is 2.38 bits per heavy atom. The van der Waals surface area contributed by atoms with Crippen LogP contribution in [0.15, 0.2) is 18.2 Å². The van der Waals surface area contributed by atoms with Crippen molar-refractivity contribution in [3.05, 3.63) is 23.1 Å². The predicted octanol–water partition coefficient (Wildman–Crippen LogP) is 1.59. The summed E-state index contributed by atoms with van der Waals surface area (Å²) in [6, 6.07) is 7.47. The molecule has 0 saturated heterocycles. The molecule has 0 radical (unpaired) electrons. The summed E-state index contributed by atoms with van der Waals surface area (Å²) < 4.78 is 0. The van der Waals surface area contributed by atoms with Crippen LogP contribution in [0.25, 0.3) is 10.6 Å². The Bertz CT molecular complexity index is 462. The molecule has 64 valence electrons. The molecule has 0 atom stereocenters. The fourth-order valence-electron chi connectivity index (χ4n) is 1.01. The predicted molar refractivity (Wildman–Crippen MR) is 51.0 cm³/mol. The van der Waals surface area contributed by atoms with E-state index < -0.39 is 0 Å². The quantitative estimate of drug-likeness (QED) is 0.716. The number of nitriles is 1. The number of nitrogens with zero attached hydrogens (tertiary/aromatic N) is 2. The molecule has 0 aromatic carbocycles. The average molecular weight is 190 g/mol. The number of aromatic nitrogens is 2. The van der Waals surface area contributed by atoms with E-state index >= 15 is 0 Å².